The zero-order valence-electron chi connectivity index (χ0n) is 11.6. The molecular weight excluding hydrogens is 290 g/mol. The number of hydrogen-bond donors (Lipinski definition) is 3. The Bertz CT molecular complexity index is 682. The van der Waals surface area contributed by atoms with Gasteiger partial charge >= 0.3 is 12.0 Å². The van der Waals surface area contributed by atoms with Crippen molar-refractivity contribution >= 4 is 29.0 Å². The number of rotatable bonds is 4. The van der Waals surface area contributed by atoms with Crippen molar-refractivity contribution in [2.24, 2.45) is 0 Å². The number of carbonyl (C=O) groups is 2. The number of anilines is 1. The van der Waals surface area contributed by atoms with Gasteiger partial charge in [0, 0.05) is 5.38 Å². The highest BCUT2D eigenvalue weighted by atomic mass is 32.1. The quantitative estimate of drug-likeness (QED) is 0.810. The van der Waals surface area contributed by atoms with Crippen LogP contribution in [0.5, 0.6) is 0 Å². The zero-order valence-corrected chi connectivity index (χ0v) is 12.5. The number of thiazole rings is 1. The fraction of sp³-hybridized carbons (Fsp3) is 0.214. The van der Waals surface area contributed by atoms with Crippen molar-refractivity contribution in [1.82, 2.24) is 10.3 Å². The standard InChI is InChI=1S/C14H15N3O3S/c1-8-4-3-5-11(12(8)13(18)19)17-14(20)15-6-10-7-21-9(2)16-10/h3-5,7H,6H2,1-2H3,(H,18,19)(H2,15,17,20). The SMILES string of the molecule is Cc1nc(CNC(=O)Nc2cccc(C)c2C(=O)O)cs1. The van der Waals surface area contributed by atoms with Crippen molar-refractivity contribution in [1.29, 1.82) is 0 Å². The third kappa shape index (κ3) is 3.79. The third-order valence-corrected chi connectivity index (χ3v) is 3.65. The first kappa shape index (κ1) is 15.0. The summed E-state index contributed by atoms with van der Waals surface area (Å²) in [6.45, 7) is 3.87. The lowest BCUT2D eigenvalue weighted by atomic mass is 10.1. The van der Waals surface area contributed by atoms with E-state index in [1.54, 1.807) is 25.1 Å². The fourth-order valence-electron chi connectivity index (χ4n) is 1.88. The molecule has 3 N–H and O–H groups in total. The normalized spacial score (nSPS) is 10.2. The molecule has 0 saturated heterocycles. The van der Waals surface area contributed by atoms with Crippen LogP contribution in [0.2, 0.25) is 0 Å². The van der Waals surface area contributed by atoms with Crippen LogP contribution in [0.4, 0.5) is 10.5 Å². The minimum atomic E-state index is -1.07. The second-order valence-electron chi connectivity index (χ2n) is 4.47. The molecule has 1 heterocycles. The Labute approximate surface area is 125 Å². The van der Waals surface area contributed by atoms with E-state index in [9.17, 15) is 14.7 Å². The average molecular weight is 305 g/mol. The van der Waals surface area contributed by atoms with Gasteiger partial charge in [-0.25, -0.2) is 14.6 Å². The highest BCUT2D eigenvalue weighted by molar-refractivity contribution is 7.09. The molecule has 0 fully saturated rings. The number of benzene rings is 1. The molecule has 0 radical (unpaired) electrons. The van der Waals surface area contributed by atoms with Gasteiger partial charge in [0.1, 0.15) is 0 Å². The number of urea groups is 1. The Kier molecular flexibility index (Phi) is 4.54. The maximum atomic E-state index is 11.8. The molecule has 110 valence electrons. The van der Waals surface area contributed by atoms with Crippen LogP contribution < -0.4 is 10.6 Å². The van der Waals surface area contributed by atoms with Gasteiger partial charge in [0.05, 0.1) is 28.5 Å². The van der Waals surface area contributed by atoms with E-state index in [1.165, 1.54) is 11.3 Å². The summed E-state index contributed by atoms with van der Waals surface area (Å²) in [5.74, 6) is -1.07. The highest BCUT2D eigenvalue weighted by Gasteiger charge is 2.14. The van der Waals surface area contributed by atoms with E-state index in [1.807, 2.05) is 12.3 Å². The van der Waals surface area contributed by atoms with E-state index < -0.39 is 12.0 Å². The van der Waals surface area contributed by atoms with Crippen LogP contribution in [0, 0.1) is 13.8 Å². The van der Waals surface area contributed by atoms with E-state index in [2.05, 4.69) is 15.6 Å². The molecule has 2 amide bonds. The molecule has 6 nitrogen and oxygen atoms in total. The predicted octanol–water partition coefficient (Wildman–Crippen LogP) is 2.78. The summed E-state index contributed by atoms with van der Waals surface area (Å²) in [6.07, 6.45) is 0. The molecule has 1 aromatic heterocycles. The molecule has 7 heteroatoms. The predicted molar refractivity (Wildman–Crippen MR) is 80.8 cm³/mol. The summed E-state index contributed by atoms with van der Waals surface area (Å²) in [4.78, 5) is 27.3. The van der Waals surface area contributed by atoms with E-state index in [-0.39, 0.29) is 11.3 Å². The summed E-state index contributed by atoms with van der Waals surface area (Å²) in [5.41, 5.74) is 1.73. The minimum absolute atomic E-state index is 0.0946. The fourth-order valence-corrected chi connectivity index (χ4v) is 2.50. The third-order valence-electron chi connectivity index (χ3n) is 2.83. The van der Waals surface area contributed by atoms with E-state index >= 15 is 0 Å². The number of nitrogens with one attached hydrogen (secondary N) is 2. The minimum Gasteiger partial charge on any atom is -0.478 e. The smallest absolute Gasteiger partial charge is 0.338 e. The molecule has 0 aliphatic carbocycles. The van der Waals surface area contributed by atoms with E-state index in [0.29, 0.717) is 12.1 Å². The van der Waals surface area contributed by atoms with Gasteiger partial charge in [-0.1, -0.05) is 12.1 Å². The maximum Gasteiger partial charge on any atom is 0.338 e. The first-order chi connectivity index (χ1) is 9.97. The molecule has 0 spiro atoms. The van der Waals surface area contributed by atoms with Crippen molar-refractivity contribution in [2.45, 2.75) is 20.4 Å². The van der Waals surface area contributed by atoms with Gasteiger partial charge in [0.25, 0.3) is 0 Å². The van der Waals surface area contributed by atoms with E-state index in [0.717, 1.165) is 10.7 Å². The van der Waals surface area contributed by atoms with Crippen LogP contribution in [0.25, 0.3) is 0 Å². The van der Waals surface area contributed by atoms with Crippen molar-refractivity contribution in [2.75, 3.05) is 5.32 Å². The number of hydrogen-bond acceptors (Lipinski definition) is 4. The second kappa shape index (κ2) is 6.36. The van der Waals surface area contributed by atoms with Crippen LogP contribution in [0.15, 0.2) is 23.6 Å². The number of amides is 2. The molecule has 2 rings (SSSR count). The van der Waals surface area contributed by atoms with E-state index in [4.69, 9.17) is 0 Å². The van der Waals surface area contributed by atoms with Gasteiger partial charge in [-0.05, 0) is 25.5 Å². The Morgan fingerprint density at radius 1 is 1.33 bits per heavy atom. The Balaban J connectivity index is 2.03. The Hall–Kier alpha value is -2.41. The lowest BCUT2D eigenvalue weighted by Gasteiger charge is -2.11. The van der Waals surface area contributed by atoms with Gasteiger partial charge in [-0.3, -0.25) is 0 Å². The number of carbonyl (C=O) groups excluding carboxylic acids is 1. The van der Waals surface area contributed by atoms with Crippen LogP contribution in [-0.2, 0) is 6.54 Å². The number of aryl methyl sites for hydroxylation is 2. The first-order valence-electron chi connectivity index (χ1n) is 6.26. The van der Waals surface area contributed by atoms with Crippen molar-refractivity contribution in [3.8, 4) is 0 Å². The van der Waals surface area contributed by atoms with Gasteiger partial charge in [0.15, 0.2) is 0 Å². The summed E-state index contributed by atoms with van der Waals surface area (Å²) in [6, 6.07) is 4.48. The highest BCUT2D eigenvalue weighted by Crippen LogP contribution is 2.19. The Morgan fingerprint density at radius 3 is 2.71 bits per heavy atom. The molecule has 0 bridgehead atoms. The van der Waals surface area contributed by atoms with Crippen LogP contribution in [-0.4, -0.2) is 22.1 Å². The molecule has 1 aromatic carbocycles. The zero-order chi connectivity index (χ0) is 15.4. The molecule has 0 atom stereocenters. The van der Waals surface area contributed by atoms with Gasteiger partial charge in [-0.15, -0.1) is 11.3 Å². The second-order valence-corrected chi connectivity index (χ2v) is 5.53. The number of carboxylic acid groups (broad SMARTS) is 1. The van der Waals surface area contributed by atoms with Crippen LogP contribution in [0.1, 0.15) is 26.6 Å². The molecule has 0 unspecified atom stereocenters. The number of aromatic carboxylic acids is 1. The lowest BCUT2D eigenvalue weighted by molar-refractivity contribution is 0.0697. The summed E-state index contributed by atoms with van der Waals surface area (Å²) in [7, 11) is 0. The van der Waals surface area contributed by atoms with Crippen molar-refractivity contribution in [3.05, 3.63) is 45.4 Å². The number of aromatic nitrogens is 1. The number of nitrogens with zero attached hydrogens (tertiary/aromatic N) is 1. The maximum absolute atomic E-state index is 11.8. The molecule has 0 aliphatic heterocycles. The monoisotopic (exact) mass is 305 g/mol. The van der Waals surface area contributed by atoms with Crippen LogP contribution in [0.3, 0.4) is 0 Å². The van der Waals surface area contributed by atoms with Crippen molar-refractivity contribution in [3.63, 3.8) is 0 Å². The average Bonchev–Trinajstić information content (AvgIpc) is 2.82. The summed E-state index contributed by atoms with van der Waals surface area (Å²) < 4.78 is 0. The van der Waals surface area contributed by atoms with Gasteiger partial charge in [-0.2, -0.15) is 0 Å². The molecule has 0 saturated carbocycles. The molecule has 21 heavy (non-hydrogen) atoms. The molecule has 0 aliphatic rings. The van der Waals surface area contributed by atoms with Gasteiger partial charge < -0.3 is 15.7 Å². The molecule has 2 aromatic rings. The summed E-state index contributed by atoms with van der Waals surface area (Å²) in [5, 5.41) is 17.2. The topological polar surface area (TPSA) is 91.3 Å². The number of carboxylic acids is 1. The molecular formula is C14H15N3O3S. The summed E-state index contributed by atoms with van der Waals surface area (Å²) >= 11 is 1.51. The largest absolute Gasteiger partial charge is 0.478 e. The first-order valence-corrected chi connectivity index (χ1v) is 7.14. The lowest BCUT2D eigenvalue weighted by Crippen LogP contribution is -2.29. The van der Waals surface area contributed by atoms with Crippen LogP contribution >= 0.6 is 11.3 Å². The van der Waals surface area contributed by atoms with Crippen molar-refractivity contribution < 1.29 is 14.7 Å². The van der Waals surface area contributed by atoms with Gasteiger partial charge in [0.2, 0.25) is 0 Å². The Morgan fingerprint density at radius 2 is 2.10 bits per heavy atom.